The van der Waals surface area contributed by atoms with Crippen molar-refractivity contribution in [1.82, 2.24) is 4.90 Å². The van der Waals surface area contributed by atoms with E-state index in [0.29, 0.717) is 11.0 Å². The second kappa shape index (κ2) is 8.99. The standard InChI is InChI=1S/C72H75NO2/c1-74-12-4-2-11(3-5-12)10-71-65-57-48-41-28-21-15-16-18-14-13-17(15)26(28)32-30-19(13)23-20(14)31-33-27(18)29-22(16)25-24(21)35-43-36(25)45-42(29)49-47(33)51-38(31)40-34(23)39-37(30)50(46(32)48)61(65)63-52(39)53(40)64-62(51)66-58(49)55(45)60-56(43)59(54(57)44(35)41)67(71)69(60)72(66,70(64)68(63)71)73-6-8-75-9-7-73/h2-5,13-70H,6-10H2,1H3. The van der Waals surface area contributed by atoms with E-state index in [1.165, 1.54) is 285 Å². The minimum Gasteiger partial charge on any atom is -0.497 e. The van der Waals surface area contributed by atoms with E-state index in [-0.39, 0.29) is 0 Å². The van der Waals surface area contributed by atoms with Crippen LogP contribution in [-0.4, -0.2) is 43.9 Å². The van der Waals surface area contributed by atoms with Gasteiger partial charge in [-0.25, -0.2) is 0 Å². The fourth-order valence-electron chi connectivity index (χ4n) is 49.5. The predicted octanol–water partition coefficient (Wildman–Crippen LogP) is 8.46. The van der Waals surface area contributed by atoms with Gasteiger partial charge in [-0.3, -0.25) is 4.90 Å². The lowest BCUT2D eigenvalue weighted by atomic mass is 9.33. The van der Waals surface area contributed by atoms with E-state index in [0.717, 1.165) is 90.0 Å². The Hall–Kier alpha value is -1.06. The highest BCUT2D eigenvalue weighted by Crippen LogP contribution is 3.07. The molecule has 32 aliphatic carbocycles. The van der Waals surface area contributed by atoms with Crippen molar-refractivity contribution in [1.29, 1.82) is 0 Å². The number of nitrogens with zero attached hydrogens (tertiary/aromatic N) is 1. The molecule has 0 bridgehead atoms. The molecule has 1 saturated heterocycles. The van der Waals surface area contributed by atoms with Crippen molar-refractivity contribution in [3.63, 3.8) is 0 Å². The van der Waals surface area contributed by atoms with E-state index >= 15 is 0 Å². The molecule has 0 N–H and O–H groups in total. The lowest BCUT2D eigenvalue weighted by Gasteiger charge is -2.74. The molecule has 0 radical (unpaired) electrons. The summed E-state index contributed by atoms with van der Waals surface area (Å²) >= 11 is 0. The van der Waals surface area contributed by atoms with Crippen molar-refractivity contribution in [2.75, 3.05) is 33.4 Å². The van der Waals surface area contributed by atoms with Gasteiger partial charge in [0.15, 0.2) is 0 Å². The maximum absolute atomic E-state index is 6.79. The van der Waals surface area contributed by atoms with Crippen LogP contribution in [0.3, 0.4) is 0 Å². The highest BCUT2D eigenvalue weighted by atomic mass is 16.5. The van der Waals surface area contributed by atoms with Crippen LogP contribution in [0.1, 0.15) is 5.56 Å². The molecule has 380 valence electrons. The van der Waals surface area contributed by atoms with Gasteiger partial charge in [0, 0.05) is 18.6 Å². The molecule has 1 aliphatic heterocycles. The molecular weight excluding hydrogens is 911 g/mol. The van der Waals surface area contributed by atoms with E-state index in [4.69, 9.17) is 9.47 Å². The normalized spacial score (nSPS) is 92.2. The lowest BCUT2D eigenvalue weighted by Crippen LogP contribution is -2.78. The second-order valence-corrected chi connectivity index (χ2v) is 38.8. The Morgan fingerprint density at radius 1 is 0.320 bits per heavy atom. The molecule has 1 aromatic rings. The van der Waals surface area contributed by atoms with E-state index in [1.807, 2.05) is 12.7 Å². The van der Waals surface area contributed by atoms with Gasteiger partial charge < -0.3 is 9.47 Å². The monoisotopic (exact) mass is 986 g/mol. The van der Waals surface area contributed by atoms with Gasteiger partial charge in [0.1, 0.15) is 5.75 Å². The Bertz CT molecular complexity index is 3250. The zero-order valence-electron chi connectivity index (χ0n) is 43.6. The van der Waals surface area contributed by atoms with Gasteiger partial charge in [-0.1, -0.05) is 12.1 Å². The molecule has 0 aromatic heterocycles. The topological polar surface area (TPSA) is 21.7 Å². The molecule has 33 aliphatic rings. The fourth-order valence-corrected chi connectivity index (χ4v) is 49.5. The highest BCUT2D eigenvalue weighted by Gasteiger charge is 3.05. The number of hydrogen-bond acceptors (Lipinski definition) is 3. The Morgan fingerprint density at radius 2 is 0.560 bits per heavy atom. The molecule has 32 saturated carbocycles. The first kappa shape index (κ1) is 35.1. The van der Waals surface area contributed by atoms with E-state index < -0.39 is 0 Å². The average Bonchev–Trinajstić information content (AvgIpc) is 2.52. The van der Waals surface area contributed by atoms with Crippen LogP contribution in [0.5, 0.6) is 5.75 Å². The first-order chi connectivity index (χ1) is 37.3. The number of rotatable bonds is 4. The smallest absolute Gasteiger partial charge is 0.118 e. The van der Waals surface area contributed by atoms with Gasteiger partial charge in [0.05, 0.1) is 20.3 Å². The third-order valence-corrected chi connectivity index (χ3v) is 43.7. The van der Waals surface area contributed by atoms with Crippen LogP contribution in [0.15, 0.2) is 24.3 Å². The summed E-state index contributed by atoms with van der Waals surface area (Å²) < 4.78 is 12.9. The van der Waals surface area contributed by atoms with E-state index in [1.54, 1.807) is 6.42 Å². The first-order valence-electron chi connectivity index (χ1n) is 35.3. The molecule has 0 amide bonds. The number of hydrogen-bond donors (Lipinski definition) is 0. The van der Waals surface area contributed by atoms with Crippen molar-refractivity contribution in [2.24, 2.45) is 349 Å². The van der Waals surface area contributed by atoms with Crippen LogP contribution in [0.25, 0.3) is 0 Å². The number of methoxy groups -OCH3 is 1. The molecule has 33 fully saturated rings. The Labute approximate surface area is 441 Å². The molecule has 3 nitrogen and oxygen atoms in total. The van der Waals surface area contributed by atoms with E-state index in [9.17, 15) is 0 Å². The zero-order chi connectivity index (χ0) is 45.0. The maximum atomic E-state index is 6.79. The summed E-state index contributed by atoms with van der Waals surface area (Å²) in [5.74, 6) is 71.3. The fraction of sp³-hybridized carbons (Fsp3) is 0.917. The van der Waals surface area contributed by atoms with Crippen LogP contribution in [0, 0.1) is 349 Å². The van der Waals surface area contributed by atoms with Crippen LogP contribution in [-0.2, 0) is 11.2 Å². The maximum Gasteiger partial charge on any atom is 0.118 e. The number of ether oxygens (including phenoxy) is 2. The second-order valence-electron chi connectivity index (χ2n) is 38.8. The Kier molecular flexibility index (Phi) is 4.20. The highest BCUT2D eigenvalue weighted by molar-refractivity contribution is 5.53. The third kappa shape index (κ3) is 2.27. The summed E-state index contributed by atoms with van der Waals surface area (Å²) in [6.07, 6.45) is 1.54. The molecule has 34 rings (SSSR count). The van der Waals surface area contributed by atoms with Gasteiger partial charge in [0.25, 0.3) is 0 Å². The summed E-state index contributed by atoms with van der Waals surface area (Å²) in [5, 5.41) is 0. The van der Waals surface area contributed by atoms with Gasteiger partial charge in [-0.2, -0.15) is 0 Å². The zero-order valence-corrected chi connectivity index (χ0v) is 43.6. The van der Waals surface area contributed by atoms with Gasteiger partial charge >= 0.3 is 0 Å². The van der Waals surface area contributed by atoms with E-state index in [2.05, 4.69) is 29.2 Å². The summed E-state index contributed by atoms with van der Waals surface area (Å²) in [6, 6.07) is 10.5. The van der Waals surface area contributed by atoms with Gasteiger partial charge in [-0.15, -0.1) is 0 Å². The summed E-state index contributed by atoms with van der Waals surface area (Å²) in [5.41, 5.74) is 2.95. The minimum atomic E-state index is 0.534. The van der Waals surface area contributed by atoms with Crippen LogP contribution < -0.4 is 4.74 Å². The number of morpholine rings is 1. The van der Waals surface area contributed by atoms with Crippen molar-refractivity contribution in [3.05, 3.63) is 29.8 Å². The SMILES string of the molecule is COc1ccc(CC23C4C5C6C7C8C9C%10C%11C%12C%13C%14C%10C%10C%15C9C9C7C5C5C7C9C%15C9C%15C%10C%14C%10C%14C%13C%13C%12C%12C(C%118)C6C6C%12C8C%13C%11C%14C%12C%10C%15C%10C9C7C(C52)C2(N5CCOCC5)C%10C%12C5C%11C8C(C64)C3C52)cc1. The van der Waals surface area contributed by atoms with Crippen molar-refractivity contribution in [2.45, 2.75) is 12.0 Å². The van der Waals surface area contributed by atoms with Crippen LogP contribution in [0.4, 0.5) is 0 Å². The van der Waals surface area contributed by atoms with Crippen LogP contribution >= 0.6 is 0 Å². The minimum absolute atomic E-state index is 0.534. The van der Waals surface area contributed by atoms with Crippen LogP contribution in [0.2, 0.25) is 0 Å². The Balaban J connectivity index is 0.832. The lowest BCUT2D eigenvalue weighted by molar-refractivity contribution is -0.267. The Morgan fingerprint density at radius 3 is 0.907 bits per heavy atom. The third-order valence-electron chi connectivity index (χ3n) is 43.7. The number of benzene rings is 1. The average molecular weight is 986 g/mol. The van der Waals surface area contributed by atoms with Crippen molar-refractivity contribution >= 4 is 0 Å². The summed E-state index contributed by atoms with van der Waals surface area (Å²) in [7, 11) is 1.96. The van der Waals surface area contributed by atoms with Crippen molar-refractivity contribution in [3.8, 4) is 5.75 Å². The molecule has 0 spiro atoms. The summed E-state index contributed by atoms with van der Waals surface area (Å²) in [4.78, 5) is 3.67. The molecule has 60 atom stereocenters. The molecular formula is C72H75NO2. The first-order valence-corrected chi connectivity index (χ1v) is 35.3. The largest absolute Gasteiger partial charge is 0.497 e. The molecule has 1 aromatic carbocycles. The summed E-state index contributed by atoms with van der Waals surface area (Å²) in [6.45, 7) is 4.85. The van der Waals surface area contributed by atoms with Crippen molar-refractivity contribution < 1.29 is 9.47 Å². The molecule has 75 heavy (non-hydrogen) atoms. The molecule has 1 heterocycles. The van der Waals surface area contributed by atoms with Gasteiger partial charge in [0.2, 0.25) is 0 Å². The quantitative estimate of drug-likeness (QED) is 0.303. The van der Waals surface area contributed by atoms with Gasteiger partial charge in [-0.05, 0) is 373 Å². The predicted molar refractivity (Wildman–Crippen MR) is 267 cm³/mol. The molecule has 60 unspecified atom stereocenters. The molecule has 3 heteroatoms.